The number of rotatable bonds is 0. The molecule has 0 heterocycles. The van der Waals surface area contributed by atoms with Crippen LogP contribution < -0.4 is 29.6 Å². The summed E-state index contributed by atoms with van der Waals surface area (Å²) < 4.78 is 59.2. The Morgan fingerprint density at radius 2 is 1.00 bits per heavy atom. The standard InChI is InChI=1S/CH2BN.F6P.Na/c2-1-3;1-7(2,3,4,5)6;/h2H2;;/q;-1;+1. The topological polar surface area (TPSA) is 23.8 Å². The average Bonchev–Trinajstić information content (AvgIpc) is 1.20. The van der Waals surface area contributed by atoms with Crippen molar-refractivity contribution in [3.8, 4) is 5.97 Å². The van der Waals surface area contributed by atoms with E-state index in [4.69, 9.17) is 5.26 Å². The summed E-state index contributed by atoms with van der Waals surface area (Å²) in [6.07, 6.45) is 0. The van der Waals surface area contributed by atoms with Crippen LogP contribution in [0.25, 0.3) is 0 Å². The van der Waals surface area contributed by atoms with Gasteiger partial charge in [-0.15, -0.1) is 0 Å². The van der Waals surface area contributed by atoms with E-state index in [1.807, 2.05) is 0 Å². The van der Waals surface area contributed by atoms with E-state index in [9.17, 15) is 25.2 Å². The fourth-order valence-electron chi connectivity index (χ4n) is 0. The second kappa shape index (κ2) is 3.52. The Bertz CT molecular complexity index is 139. The van der Waals surface area contributed by atoms with Crippen molar-refractivity contribution in [2.75, 3.05) is 0 Å². The van der Waals surface area contributed by atoms with Crippen molar-refractivity contribution in [1.82, 2.24) is 0 Å². The van der Waals surface area contributed by atoms with Crippen LogP contribution in [-0.4, -0.2) is 7.85 Å². The zero-order valence-electron chi connectivity index (χ0n) is 5.66. The van der Waals surface area contributed by atoms with E-state index < -0.39 is 7.81 Å². The van der Waals surface area contributed by atoms with Gasteiger partial charge in [-0.1, -0.05) is 0 Å². The smallest absolute Gasteiger partial charge is 1.00 e. The first-order chi connectivity index (χ1) is 3.86. The SMILES string of the molecule is BC#N.F[P-](F)(F)(F)(F)F.[Na+]. The van der Waals surface area contributed by atoms with Crippen LogP contribution in [0.5, 0.6) is 0 Å². The molecule has 11 heavy (non-hydrogen) atoms. The minimum absolute atomic E-state index is 0. The first kappa shape index (κ1) is 17.6. The van der Waals surface area contributed by atoms with Crippen molar-refractivity contribution in [2.24, 2.45) is 0 Å². The molecular formula is CH2BF6NNaP. The van der Waals surface area contributed by atoms with Gasteiger partial charge in [-0.2, -0.15) is 0 Å². The van der Waals surface area contributed by atoms with E-state index >= 15 is 0 Å². The molecule has 0 aromatic carbocycles. The van der Waals surface area contributed by atoms with Gasteiger partial charge in [0.25, 0.3) is 0 Å². The molecule has 0 saturated heterocycles. The van der Waals surface area contributed by atoms with Crippen molar-refractivity contribution < 1.29 is 54.7 Å². The Labute approximate surface area is 81.7 Å². The van der Waals surface area contributed by atoms with E-state index in [0.717, 1.165) is 0 Å². The predicted molar refractivity (Wildman–Crippen MR) is 27.7 cm³/mol. The fraction of sp³-hybridized carbons (Fsp3) is 0. The minimum atomic E-state index is -10.7. The van der Waals surface area contributed by atoms with Crippen molar-refractivity contribution in [1.29, 1.82) is 5.26 Å². The summed E-state index contributed by atoms with van der Waals surface area (Å²) in [5, 5.41) is 7.32. The molecule has 0 radical (unpaired) electrons. The molecule has 0 unspecified atom stereocenters. The number of hydrogen-bond donors (Lipinski definition) is 0. The summed E-state index contributed by atoms with van der Waals surface area (Å²) in [6.45, 7) is 0. The molecule has 0 atom stereocenters. The zero-order valence-corrected chi connectivity index (χ0v) is 8.56. The van der Waals surface area contributed by atoms with Gasteiger partial charge < -0.3 is 0 Å². The van der Waals surface area contributed by atoms with Gasteiger partial charge in [0.05, 0.1) is 0 Å². The summed E-state index contributed by atoms with van der Waals surface area (Å²) in [5.41, 5.74) is 0. The quantitative estimate of drug-likeness (QED) is 0.298. The number of nitrogens with zero attached hydrogens (tertiary/aromatic N) is 1. The van der Waals surface area contributed by atoms with Crippen LogP contribution in [-0.2, 0) is 0 Å². The maximum Gasteiger partial charge on any atom is 1.00 e. The van der Waals surface area contributed by atoms with E-state index in [2.05, 4.69) is 0 Å². The first-order valence-electron chi connectivity index (χ1n) is 1.74. The summed E-state index contributed by atoms with van der Waals surface area (Å²) in [5.74, 6) is 1.75. The van der Waals surface area contributed by atoms with Crippen molar-refractivity contribution in [3.63, 3.8) is 0 Å². The van der Waals surface area contributed by atoms with Crippen LogP contribution in [0.4, 0.5) is 25.2 Å². The molecule has 0 spiro atoms. The third-order valence-corrected chi connectivity index (χ3v) is 0. The summed E-state index contributed by atoms with van der Waals surface area (Å²) >= 11 is 0. The largest absolute Gasteiger partial charge is 1.00 e. The van der Waals surface area contributed by atoms with Gasteiger partial charge in [-0.25, -0.2) is 5.26 Å². The molecule has 0 bridgehead atoms. The average molecular weight is 207 g/mol. The van der Waals surface area contributed by atoms with Crippen LogP contribution in [0.2, 0.25) is 0 Å². The van der Waals surface area contributed by atoms with Crippen molar-refractivity contribution in [2.45, 2.75) is 0 Å². The van der Waals surface area contributed by atoms with E-state index in [0.29, 0.717) is 0 Å². The molecule has 0 aromatic heterocycles. The van der Waals surface area contributed by atoms with Crippen LogP contribution in [0.1, 0.15) is 0 Å². The zero-order chi connectivity index (χ0) is 9.12. The Morgan fingerprint density at radius 1 is 1.00 bits per heavy atom. The monoisotopic (exact) mass is 207 g/mol. The van der Waals surface area contributed by atoms with Crippen molar-refractivity contribution in [3.05, 3.63) is 0 Å². The van der Waals surface area contributed by atoms with Crippen LogP contribution in [0, 0.1) is 11.2 Å². The molecule has 0 aliphatic heterocycles. The van der Waals surface area contributed by atoms with Gasteiger partial charge in [0, 0.05) is 0 Å². The molecule has 0 aromatic rings. The number of halogens is 6. The fourth-order valence-corrected chi connectivity index (χ4v) is 0. The van der Waals surface area contributed by atoms with E-state index in [1.54, 1.807) is 5.97 Å². The molecule has 10 heteroatoms. The van der Waals surface area contributed by atoms with E-state index in [-0.39, 0.29) is 29.6 Å². The first-order valence-corrected chi connectivity index (χ1v) is 3.77. The molecular weight excluding hydrogens is 205 g/mol. The molecule has 0 N–H and O–H groups in total. The molecule has 0 fully saturated rings. The van der Waals surface area contributed by atoms with Crippen molar-refractivity contribution >= 4 is 15.7 Å². The molecule has 0 aliphatic carbocycles. The van der Waals surface area contributed by atoms with Crippen LogP contribution >= 0.6 is 7.81 Å². The van der Waals surface area contributed by atoms with Gasteiger partial charge >= 0.3 is 62.5 Å². The Balaban J connectivity index is -0.000000140. The van der Waals surface area contributed by atoms with Gasteiger partial charge in [0.1, 0.15) is 0 Å². The van der Waals surface area contributed by atoms with Gasteiger partial charge in [-0.05, 0) is 5.97 Å². The molecule has 0 saturated carbocycles. The Morgan fingerprint density at radius 3 is 1.00 bits per heavy atom. The minimum Gasteiger partial charge on any atom is 1.00 e. The number of nitriles is 1. The molecule has 62 valence electrons. The van der Waals surface area contributed by atoms with Gasteiger partial charge in [0.15, 0.2) is 0 Å². The normalized spacial score (nSPS) is 15.4. The van der Waals surface area contributed by atoms with Gasteiger partial charge in [-0.3, -0.25) is 0 Å². The van der Waals surface area contributed by atoms with E-state index in [1.165, 1.54) is 7.85 Å². The third-order valence-electron chi connectivity index (χ3n) is 0. The predicted octanol–water partition coefficient (Wildman–Crippen LogP) is -0.513. The maximum atomic E-state index is 9.87. The summed E-state index contributed by atoms with van der Waals surface area (Å²) in [6, 6.07) is 0. The maximum absolute atomic E-state index is 10.7. The van der Waals surface area contributed by atoms with Crippen LogP contribution in [0.3, 0.4) is 0 Å². The Kier molecular flexibility index (Phi) is 5.63. The molecule has 1 nitrogen and oxygen atoms in total. The Hall–Kier alpha value is 0.565. The second-order valence-electron chi connectivity index (χ2n) is 1.18. The summed E-state index contributed by atoms with van der Waals surface area (Å²) in [4.78, 5) is 0. The van der Waals surface area contributed by atoms with Crippen LogP contribution in [0.15, 0.2) is 0 Å². The summed E-state index contributed by atoms with van der Waals surface area (Å²) in [7, 11) is -9.23. The number of hydrogen-bond acceptors (Lipinski definition) is 1. The molecule has 0 amide bonds. The molecule has 0 rings (SSSR count). The van der Waals surface area contributed by atoms with Gasteiger partial charge in [0.2, 0.25) is 7.85 Å². The second-order valence-corrected chi connectivity index (χ2v) is 3.10. The third kappa shape index (κ3) is 2430. The molecule has 0 aliphatic rings.